The van der Waals surface area contributed by atoms with Crippen molar-refractivity contribution >= 4 is 16.2 Å². The highest BCUT2D eigenvalue weighted by atomic mass is 32.2. The minimum absolute atomic E-state index is 0.276. The van der Waals surface area contributed by atoms with Crippen molar-refractivity contribution in [2.75, 3.05) is 0 Å². The molecule has 1 atom stereocenters. The molecular formula is C9H10O3S. The van der Waals surface area contributed by atoms with E-state index in [1.807, 2.05) is 6.92 Å². The summed E-state index contributed by atoms with van der Waals surface area (Å²) in [5, 5.41) is -0.748. The van der Waals surface area contributed by atoms with Crippen LogP contribution in [0.1, 0.15) is 22.8 Å². The first-order chi connectivity index (χ1) is 6.15. The molecule has 0 saturated carbocycles. The first kappa shape index (κ1) is 10.1. The van der Waals surface area contributed by atoms with Crippen LogP contribution in [0.5, 0.6) is 0 Å². The maximum absolute atomic E-state index is 11.0. The summed E-state index contributed by atoms with van der Waals surface area (Å²) in [5.74, 6) is 0. The molecule has 0 spiro atoms. The van der Waals surface area contributed by atoms with Crippen LogP contribution in [0.25, 0.3) is 0 Å². The fourth-order valence-electron chi connectivity index (χ4n) is 0.977. The lowest BCUT2D eigenvalue weighted by Gasteiger charge is -1.98. The van der Waals surface area contributed by atoms with E-state index in [1.54, 1.807) is 24.3 Å². The van der Waals surface area contributed by atoms with Gasteiger partial charge < -0.3 is 0 Å². The molecule has 3 nitrogen and oxygen atoms in total. The second-order valence-corrected chi connectivity index (χ2v) is 3.46. The predicted octanol–water partition coefficient (Wildman–Crippen LogP) is 1.61. The van der Waals surface area contributed by atoms with E-state index in [2.05, 4.69) is 0 Å². The Balaban J connectivity index is 2.92. The van der Waals surface area contributed by atoms with E-state index in [9.17, 15) is 9.00 Å². The first-order valence-corrected chi connectivity index (χ1v) is 5.00. The molecule has 0 heterocycles. The Morgan fingerprint density at radius 2 is 1.92 bits per heavy atom. The summed E-state index contributed by atoms with van der Waals surface area (Å²) in [6.45, 7) is 2.00. The highest BCUT2D eigenvalue weighted by Crippen LogP contribution is 2.06. The predicted molar refractivity (Wildman–Crippen MR) is 50.9 cm³/mol. The molecule has 0 aliphatic heterocycles. The molecule has 1 N–H and O–H groups in total. The summed E-state index contributed by atoms with van der Waals surface area (Å²) in [6, 6.07) is 6.69. The van der Waals surface area contributed by atoms with Gasteiger partial charge in [-0.3, -0.25) is 9.35 Å². The van der Waals surface area contributed by atoms with Gasteiger partial charge in [-0.25, -0.2) is 4.21 Å². The Kier molecular flexibility index (Phi) is 3.33. The van der Waals surface area contributed by atoms with Gasteiger partial charge in [0.2, 0.25) is 11.1 Å². The van der Waals surface area contributed by atoms with Gasteiger partial charge in [-0.1, -0.05) is 31.2 Å². The Bertz CT molecular complexity index is 329. The van der Waals surface area contributed by atoms with Crippen LogP contribution in [-0.2, 0) is 17.5 Å². The lowest BCUT2D eigenvalue weighted by Crippen LogP contribution is -2.05. The molecule has 1 unspecified atom stereocenters. The summed E-state index contributed by atoms with van der Waals surface area (Å²) >= 11 is -2.41. The fraction of sp³-hybridized carbons (Fsp3) is 0.222. The average molecular weight is 198 g/mol. The van der Waals surface area contributed by atoms with E-state index >= 15 is 0 Å². The summed E-state index contributed by atoms with van der Waals surface area (Å²) in [5.41, 5.74) is 1.37. The van der Waals surface area contributed by atoms with Gasteiger partial charge >= 0.3 is 0 Å². The van der Waals surface area contributed by atoms with E-state index in [-0.39, 0.29) is 5.56 Å². The standard InChI is InChI=1S/C9H10O3S/c1-2-7-3-5-8(6-4-7)9(10)13(11)12/h3-6H,2H2,1H3,(H,11,12). The Labute approximate surface area is 79.1 Å². The molecule has 1 aromatic rings. The van der Waals surface area contributed by atoms with Crippen LogP contribution in [0.15, 0.2) is 24.3 Å². The van der Waals surface area contributed by atoms with Crippen LogP contribution < -0.4 is 0 Å². The molecule has 0 aliphatic rings. The van der Waals surface area contributed by atoms with Gasteiger partial charge in [-0.2, -0.15) is 0 Å². The molecule has 1 rings (SSSR count). The van der Waals surface area contributed by atoms with Crippen LogP contribution in [0.3, 0.4) is 0 Å². The van der Waals surface area contributed by atoms with E-state index in [0.29, 0.717) is 0 Å². The zero-order valence-corrected chi connectivity index (χ0v) is 8.00. The van der Waals surface area contributed by atoms with E-state index in [0.717, 1.165) is 12.0 Å². The topological polar surface area (TPSA) is 54.4 Å². The first-order valence-electron chi connectivity index (χ1n) is 3.89. The summed E-state index contributed by atoms with van der Waals surface area (Å²) < 4.78 is 18.9. The van der Waals surface area contributed by atoms with Crippen molar-refractivity contribution in [3.63, 3.8) is 0 Å². The number of carbonyl (C=O) groups is 1. The van der Waals surface area contributed by atoms with E-state index in [4.69, 9.17) is 4.55 Å². The fourth-order valence-corrected chi connectivity index (χ4v) is 1.32. The van der Waals surface area contributed by atoms with Crippen molar-refractivity contribution in [2.24, 2.45) is 0 Å². The highest BCUT2D eigenvalue weighted by Gasteiger charge is 2.10. The molecule has 70 valence electrons. The van der Waals surface area contributed by atoms with Gasteiger partial charge in [0.1, 0.15) is 0 Å². The maximum atomic E-state index is 11.0. The monoisotopic (exact) mass is 198 g/mol. The maximum Gasteiger partial charge on any atom is 0.276 e. The smallest absolute Gasteiger partial charge is 0.276 e. The molecule has 4 heteroatoms. The second-order valence-electron chi connectivity index (χ2n) is 2.59. The third-order valence-electron chi connectivity index (χ3n) is 1.76. The molecular weight excluding hydrogens is 188 g/mol. The molecule has 0 bridgehead atoms. The van der Waals surface area contributed by atoms with E-state index < -0.39 is 16.2 Å². The third-order valence-corrected chi connectivity index (χ3v) is 2.31. The third kappa shape index (κ3) is 2.47. The quantitative estimate of drug-likeness (QED) is 0.734. The minimum Gasteiger partial charge on any atom is -0.300 e. The van der Waals surface area contributed by atoms with Crippen molar-refractivity contribution in [1.82, 2.24) is 0 Å². The summed E-state index contributed by atoms with van der Waals surface area (Å²) in [7, 11) is 0. The summed E-state index contributed by atoms with van der Waals surface area (Å²) in [6.07, 6.45) is 0.886. The number of carbonyl (C=O) groups excluding carboxylic acids is 1. The van der Waals surface area contributed by atoms with Crippen molar-refractivity contribution < 1.29 is 13.6 Å². The van der Waals surface area contributed by atoms with E-state index in [1.165, 1.54) is 0 Å². The Morgan fingerprint density at radius 3 is 2.31 bits per heavy atom. The van der Waals surface area contributed by atoms with Gasteiger partial charge in [-0.05, 0) is 12.0 Å². The van der Waals surface area contributed by atoms with Crippen molar-refractivity contribution in [2.45, 2.75) is 13.3 Å². The van der Waals surface area contributed by atoms with Crippen molar-refractivity contribution in [1.29, 1.82) is 0 Å². The largest absolute Gasteiger partial charge is 0.300 e. The van der Waals surface area contributed by atoms with Gasteiger partial charge in [-0.15, -0.1) is 0 Å². The van der Waals surface area contributed by atoms with Gasteiger partial charge in [0.05, 0.1) is 0 Å². The van der Waals surface area contributed by atoms with Crippen LogP contribution in [0.2, 0.25) is 0 Å². The Morgan fingerprint density at radius 1 is 1.38 bits per heavy atom. The molecule has 1 aromatic carbocycles. The summed E-state index contributed by atoms with van der Waals surface area (Å²) in [4.78, 5) is 11.0. The highest BCUT2D eigenvalue weighted by molar-refractivity contribution is 7.95. The molecule has 0 radical (unpaired) electrons. The molecule has 0 saturated heterocycles. The molecule has 0 amide bonds. The van der Waals surface area contributed by atoms with Gasteiger partial charge in [0, 0.05) is 5.56 Å². The Hall–Kier alpha value is -1.00. The number of rotatable bonds is 2. The lowest BCUT2D eigenvalue weighted by molar-refractivity contribution is 0.107. The number of hydrogen-bond donors (Lipinski definition) is 1. The van der Waals surface area contributed by atoms with Crippen molar-refractivity contribution in [3.05, 3.63) is 35.4 Å². The molecule has 0 fully saturated rings. The number of aryl methyl sites for hydroxylation is 1. The van der Waals surface area contributed by atoms with Gasteiger partial charge in [0.15, 0.2) is 0 Å². The zero-order chi connectivity index (χ0) is 9.84. The lowest BCUT2D eigenvalue weighted by atomic mass is 10.1. The SMILES string of the molecule is CCc1ccc(C(=O)S(=O)O)cc1. The minimum atomic E-state index is -2.41. The number of benzene rings is 1. The molecule has 13 heavy (non-hydrogen) atoms. The van der Waals surface area contributed by atoms with Crippen LogP contribution >= 0.6 is 0 Å². The second kappa shape index (κ2) is 4.30. The normalized spacial score (nSPS) is 12.5. The van der Waals surface area contributed by atoms with Crippen LogP contribution in [0, 0.1) is 0 Å². The van der Waals surface area contributed by atoms with Crippen LogP contribution in [0.4, 0.5) is 0 Å². The number of hydrogen-bond acceptors (Lipinski definition) is 2. The zero-order valence-electron chi connectivity index (χ0n) is 7.19. The van der Waals surface area contributed by atoms with Crippen LogP contribution in [-0.4, -0.2) is 13.9 Å². The molecule has 0 aliphatic carbocycles. The van der Waals surface area contributed by atoms with Crippen molar-refractivity contribution in [3.8, 4) is 0 Å². The average Bonchev–Trinajstić information content (AvgIpc) is 2.17. The van der Waals surface area contributed by atoms with Gasteiger partial charge in [0.25, 0.3) is 5.12 Å². The molecule has 0 aromatic heterocycles.